The number of para-hydroxylation sites is 2. The van der Waals surface area contributed by atoms with Gasteiger partial charge in [0.25, 0.3) is 0 Å². The highest BCUT2D eigenvalue weighted by Gasteiger charge is 2.29. The van der Waals surface area contributed by atoms with Crippen LogP contribution in [0, 0.1) is 0 Å². The molecule has 4 nitrogen and oxygen atoms in total. The zero-order valence-electron chi connectivity index (χ0n) is 20.9. The molecule has 1 aromatic heterocycles. The van der Waals surface area contributed by atoms with Gasteiger partial charge in [-0.1, -0.05) is 66.7 Å². The number of rotatable bonds is 7. The number of thiophene rings is 1. The van der Waals surface area contributed by atoms with Crippen LogP contribution in [0.2, 0.25) is 0 Å². The minimum Gasteiger partial charge on any atom is -0.386 e. The van der Waals surface area contributed by atoms with Crippen LogP contribution in [-0.4, -0.2) is 11.9 Å². The molecule has 4 aromatic carbocycles. The minimum atomic E-state index is -0.588. The molecular weight excluding hydrogens is 502 g/mol. The van der Waals surface area contributed by atoms with E-state index in [-0.39, 0.29) is 0 Å². The van der Waals surface area contributed by atoms with E-state index < -0.39 is 11.9 Å². The van der Waals surface area contributed by atoms with Crippen molar-refractivity contribution in [1.29, 1.82) is 0 Å². The predicted octanol–water partition coefficient (Wildman–Crippen LogP) is 8.87. The van der Waals surface area contributed by atoms with Crippen molar-refractivity contribution in [3.05, 3.63) is 147 Å². The monoisotopic (exact) mass is 525 g/mol. The van der Waals surface area contributed by atoms with Crippen LogP contribution in [0.5, 0.6) is 0 Å². The fourth-order valence-corrected chi connectivity index (χ4v) is 5.26. The summed E-state index contributed by atoms with van der Waals surface area (Å²) in [5.74, 6) is -1.17. The van der Waals surface area contributed by atoms with Crippen LogP contribution in [0.1, 0.15) is 41.6 Å². The zero-order chi connectivity index (χ0) is 26.6. The summed E-state index contributed by atoms with van der Waals surface area (Å²) >= 11 is 1.67. The highest BCUT2D eigenvalue weighted by Crippen LogP contribution is 2.34. The third kappa shape index (κ3) is 5.35. The van der Waals surface area contributed by atoms with Crippen molar-refractivity contribution in [2.75, 3.05) is 4.90 Å². The van der Waals surface area contributed by atoms with Gasteiger partial charge in [0.05, 0.1) is 11.1 Å². The Kier molecular flexibility index (Phi) is 6.73. The first-order chi connectivity index (χ1) is 19.1. The normalized spacial score (nSPS) is 12.7. The minimum absolute atomic E-state index is 0.318. The highest BCUT2D eigenvalue weighted by molar-refractivity contribution is 7.13. The van der Waals surface area contributed by atoms with E-state index >= 15 is 0 Å². The first-order valence-electron chi connectivity index (χ1n) is 12.5. The van der Waals surface area contributed by atoms with Crippen LogP contribution in [0.15, 0.2) is 115 Å². The number of benzene rings is 4. The molecule has 5 aromatic rings. The molecule has 0 fully saturated rings. The molecule has 0 saturated heterocycles. The molecule has 0 bridgehead atoms. The first-order valence-corrected chi connectivity index (χ1v) is 13.3. The first kappa shape index (κ1) is 24.3. The average molecular weight is 526 g/mol. The van der Waals surface area contributed by atoms with E-state index in [1.807, 2.05) is 30.4 Å². The number of carbonyl (C=O) groups excluding carboxylic acids is 2. The Hall–Kier alpha value is -5.00. The van der Waals surface area contributed by atoms with Gasteiger partial charge in [0.2, 0.25) is 0 Å². The van der Waals surface area contributed by atoms with Crippen molar-refractivity contribution in [3.63, 3.8) is 0 Å². The average Bonchev–Trinajstić information content (AvgIpc) is 3.56. The number of cyclic esters (lactones) is 2. The maximum atomic E-state index is 11.8. The predicted molar refractivity (Wildman–Crippen MR) is 159 cm³/mol. The van der Waals surface area contributed by atoms with Crippen LogP contribution in [0.3, 0.4) is 0 Å². The number of ether oxygens (including phenoxy) is 1. The number of anilines is 3. The fourth-order valence-electron chi connectivity index (χ4n) is 4.45. The highest BCUT2D eigenvalue weighted by atomic mass is 32.1. The molecule has 188 valence electrons. The van der Waals surface area contributed by atoms with Gasteiger partial charge in [-0.15, -0.1) is 11.3 Å². The Morgan fingerprint density at radius 2 is 1.03 bits per heavy atom. The summed E-state index contributed by atoms with van der Waals surface area (Å²) in [7, 11) is 0. The Balaban J connectivity index is 1.16. The van der Waals surface area contributed by atoms with E-state index in [1.54, 1.807) is 23.5 Å². The molecular formula is C34H23NO3S. The lowest BCUT2D eigenvalue weighted by Gasteiger charge is -2.25. The van der Waals surface area contributed by atoms with Crippen molar-refractivity contribution >= 4 is 64.6 Å². The molecule has 0 amide bonds. The number of esters is 2. The molecule has 0 aliphatic carbocycles. The number of hydrogen-bond donors (Lipinski definition) is 0. The third-order valence-electron chi connectivity index (χ3n) is 6.38. The fraction of sp³-hybridized carbons (Fsp3) is 0. The van der Waals surface area contributed by atoms with Gasteiger partial charge in [0, 0.05) is 26.8 Å². The Morgan fingerprint density at radius 3 is 1.64 bits per heavy atom. The van der Waals surface area contributed by atoms with Crippen molar-refractivity contribution < 1.29 is 14.3 Å². The molecule has 1 aliphatic heterocycles. The molecule has 6 rings (SSSR count). The largest absolute Gasteiger partial charge is 0.386 e. The van der Waals surface area contributed by atoms with Gasteiger partial charge in [0.1, 0.15) is 0 Å². The Labute approximate surface area is 230 Å². The Morgan fingerprint density at radius 1 is 0.513 bits per heavy atom. The van der Waals surface area contributed by atoms with E-state index in [4.69, 9.17) is 0 Å². The van der Waals surface area contributed by atoms with E-state index in [0.29, 0.717) is 11.1 Å². The van der Waals surface area contributed by atoms with Crippen molar-refractivity contribution in [2.24, 2.45) is 0 Å². The van der Waals surface area contributed by atoms with Gasteiger partial charge in [-0.05, 0) is 83.9 Å². The second-order valence-electron chi connectivity index (χ2n) is 8.99. The lowest BCUT2D eigenvalue weighted by molar-refractivity contribution is 0.0443. The summed E-state index contributed by atoms with van der Waals surface area (Å²) in [6, 6.07) is 38.5. The number of hydrogen-bond acceptors (Lipinski definition) is 5. The summed E-state index contributed by atoms with van der Waals surface area (Å²) in [4.78, 5) is 27.9. The van der Waals surface area contributed by atoms with Crippen LogP contribution in [0.4, 0.5) is 17.1 Å². The second-order valence-corrected chi connectivity index (χ2v) is 10.1. The van der Waals surface area contributed by atoms with Crippen LogP contribution >= 0.6 is 11.3 Å². The lowest BCUT2D eigenvalue weighted by Crippen LogP contribution is -2.09. The molecule has 0 radical (unpaired) electrons. The molecule has 1 aliphatic rings. The summed E-state index contributed by atoms with van der Waals surface area (Å²) in [5.41, 5.74) is 5.91. The summed E-state index contributed by atoms with van der Waals surface area (Å²) in [6.45, 7) is 0. The van der Waals surface area contributed by atoms with Gasteiger partial charge < -0.3 is 9.64 Å². The molecule has 5 heteroatoms. The van der Waals surface area contributed by atoms with Crippen LogP contribution in [0.25, 0.3) is 24.3 Å². The van der Waals surface area contributed by atoms with Gasteiger partial charge >= 0.3 is 11.9 Å². The SMILES string of the molecule is O=C1OC(=O)c2cc(/C=C/c3ccc(/C=C/c4ccc(N(c5ccccc5)c5ccccc5)cc4)s3)ccc21. The molecule has 2 heterocycles. The van der Waals surface area contributed by atoms with Crippen molar-refractivity contribution in [3.8, 4) is 0 Å². The molecule has 0 N–H and O–H groups in total. The molecule has 0 saturated carbocycles. The van der Waals surface area contributed by atoms with Gasteiger partial charge in [-0.25, -0.2) is 9.59 Å². The summed E-state index contributed by atoms with van der Waals surface area (Å²) < 4.78 is 4.66. The smallest absolute Gasteiger partial charge is 0.346 e. The summed E-state index contributed by atoms with van der Waals surface area (Å²) in [6.07, 6.45) is 8.16. The zero-order valence-corrected chi connectivity index (χ0v) is 21.7. The maximum Gasteiger partial charge on any atom is 0.346 e. The van der Waals surface area contributed by atoms with Gasteiger partial charge in [-0.3, -0.25) is 0 Å². The molecule has 0 atom stereocenters. The van der Waals surface area contributed by atoms with Gasteiger partial charge in [-0.2, -0.15) is 0 Å². The molecule has 0 unspecified atom stereocenters. The van der Waals surface area contributed by atoms with E-state index in [1.165, 1.54) is 0 Å². The van der Waals surface area contributed by atoms with Crippen molar-refractivity contribution in [1.82, 2.24) is 0 Å². The number of carbonyl (C=O) groups is 2. The number of nitrogens with zero attached hydrogens (tertiary/aromatic N) is 1. The van der Waals surface area contributed by atoms with E-state index in [0.717, 1.165) is 37.9 Å². The van der Waals surface area contributed by atoms with E-state index in [2.05, 4.69) is 107 Å². The van der Waals surface area contributed by atoms with Crippen LogP contribution < -0.4 is 4.90 Å². The standard InChI is InChI=1S/C34H23NO3S/c36-33-31-22-15-25(23-32(31)34(37)38-33)14-19-30-21-20-29(39-30)18-13-24-11-16-28(17-12-24)35(26-7-3-1-4-8-26)27-9-5-2-6-10-27/h1-23H/b18-13+,19-14+. The van der Waals surface area contributed by atoms with Crippen LogP contribution in [-0.2, 0) is 4.74 Å². The Bertz CT molecular complexity index is 1660. The number of fused-ring (bicyclic) bond motifs is 1. The molecule has 39 heavy (non-hydrogen) atoms. The maximum absolute atomic E-state index is 11.8. The second kappa shape index (κ2) is 10.8. The van der Waals surface area contributed by atoms with E-state index in [9.17, 15) is 9.59 Å². The lowest BCUT2D eigenvalue weighted by atomic mass is 10.1. The molecule has 0 spiro atoms. The summed E-state index contributed by atoms with van der Waals surface area (Å²) in [5, 5.41) is 0. The third-order valence-corrected chi connectivity index (χ3v) is 7.39. The topological polar surface area (TPSA) is 46.6 Å². The van der Waals surface area contributed by atoms with Crippen molar-refractivity contribution in [2.45, 2.75) is 0 Å². The quantitative estimate of drug-likeness (QED) is 0.157. The van der Waals surface area contributed by atoms with Gasteiger partial charge in [0.15, 0.2) is 0 Å².